The van der Waals surface area contributed by atoms with Crippen molar-refractivity contribution in [1.82, 2.24) is 4.90 Å². The maximum Gasteiger partial charge on any atom is 0.267 e. The molecule has 0 bridgehead atoms. The van der Waals surface area contributed by atoms with Crippen molar-refractivity contribution in [2.75, 3.05) is 84.0 Å². The van der Waals surface area contributed by atoms with E-state index in [1.165, 1.54) is 0 Å². The molecule has 18 nitrogen and oxygen atoms in total. The molecule has 1 aliphatic rings. The van der Waals surface area contributed by atoms with Crippen LogP contribution < -0.4 is 30.4 Å². The molecule has 1 saturated heterocycles. The third-order valence-corrected chi connectivity index (χ3v) is 9.33. The molecule has 0 aromatic heterocycles. The van der Waals surface area contributed by atoms with Gasteiger partial charge in [0.25, 0.3) is 20.2 Å². The van der Waals surface area contributed by atoms with Crippen molar-refractivity contribution in [3.8, 4) is 23.0 Å². The van der Waals surface area contributed by atoms with Crippen molar-refractivity contribution in [3.63, 3.8) is 0 Å². The van der Waals surface area contributed by atoms with Crippen LogP contribution in [0.25, 0.3) is 0 Å². The number of halogens is 1. The lowest BCUT2D eigenvalue weighted by Crippen LogP contribution is -2.37. The maximum absolute atomic E-state index is 9.63. The predicted molar refractivity (Wildman–Crippen MR) is 238 cm³/mol. The van der Waals surface area contributed by atoms with Gasteiger partial charge in [-0.3, -0.25) is 24.8 Å². The minimum atomic E-state index is -3.92. The highest BCUT2D eigenvalue weighted by Gasteiger charge is 2.09. The number of aliphatic hydroxyl groups excluding tert-OH is 2. The van der Waals surface area contributed by atoms with Gasteiger partial charge >= 0.3 is 0 Å². The van der Waals surface area contributed by atoms with Crippen LogP contribution in [-0.2, 0) is 25.0 Å². The SMILES string of the molecule is CCCCOc1ccc(OCCCN2CCOCC2)cc1.Cl.N=C(N)c1ccc(OCCCCCOc2ccc(C(=N)N)cc2)cc1.O=S(=O)(O)CCO.O=S(=O)(O)CCO. The lowest BCUT2D eigenvalue weighted by Gasteiger charge is -2.26. The molecule has 3 aromatic carbocycles. The summed E-state index contributed by atoms with van der Waals surface area (Å²) in [5.41, 5.74) is 12.2. The summed E-state index contributed by atoms with van der Waals surface area (Å²) in [6.07, 6.45) is 6.21. The molecule has 1 fully saturated rings. The van der Waals surface area contributed by atoms with E-state index < -0.39 is 45.0 Å². The van der Waals surface area contributed by atoms with Crippen LogP contribution in [0.15, 0.2) is 72.8 Å². The van der Waals surface area contributed by atoms with E-state index in [1.807, 2.05) is 48.5 Å². The van der Waals surface area contributed by atoms with Gasteiger partial charge in [-0.05, 0) is 105 Å². The van der Waals surface area contributed by atoms with Crippen LogP contribution in [0.2, 0.25) is 0 Å². The third kappa shape index (κ3) is 31.3. The average Bonchev–Trinajstić information content (AvgIpc) is 3.20. The number of unbranched alkanes of at least 4 members (excludes halogenated alkanes) is 3. The molecule has 0 atom stereocenters. The second kappa shape index (κ2) is 33.4. The molecule has 10 N–H and O–H groups in total. The summed E-state index contributed by atoms with van der Waals surface area (Å²) in [6.45, 7) is 8.84. The quantitative estimate of drug-likeness (QED) is 0.0289. The van der Waals surface area contributed by atoms with E-state index in [0.29, 0.717) is 24.3 Å². The third-order valence-electron chi connectivity index (χ3n) is 7.94. The Morgan fingerprint density at radius 1 is 0.607 bits per heavy atom. The highest BCUT2D eigenvalue weighted by molar-refractivity contribution is 7.86. The summed E-state index contributed by atoms with van der Waals surface area (Å²) in [5.74, 6) is 2.37. The molecule has 0 aliphatic carbocycles. The fraction of sp³-hybridized carbons (Fsp3) is 0.500. The minimum Gasteiger partial charge on any atom is -0.494 e. The second-order valence-electron chi connectivity index (χ2n) is 13.0. The summed E-state index contributed by atoms with van der Waals surface area (Å²) in [7, 11) is -7.85. The summed E-state index contributed by atoms with van der Waals surface area (Å²) in [5, 5.41) is 30.4. The van der Waals surface area contributed by atoms with E-state index in [0.717, 1.165) is 108 Å². The number of ether oxygens (including phenoxy) is 5. The highest BCUT2D eigenvalue weighted by Crippen LogP contribution is 2.18. The van der Waals surface area contributed by atoms with E-state index in [-0.39, 0.29) is 24.1 Å². The first-order valence-electron chi connectivity index (χ1n) is 19.5. The van der Waals surface area contributed by atoms with Gasteiger partial charge in [-0.15, -0.1) is 12.4 Å². The zero-order valence-electron chi connectivity index (χ0n) is 34.7. The van der Waals surface area contributed by atoms with Crippen LogP contribution in [0.3, 0.4) is 0 Å². The van der Waals surface area contributed by atoms with Crippen molar-refractivity contribution in [1.29, 1.82) is 10.8 Å². The standard InChI is InChI=1S/C19H24N4O2.C17H27NO3.2C2H6O4S.ClH/c20-18(21)14-4-8-16(9-5-14)24-12-2-1-3-13-25-17-10-6-15(7-11-17)19(22)23;1-2-3-12-20-16-5-7-17(8-6-16)21-13-4-9-18-10-14-19-15-11-18;2*3-1-2-7(4,5)6;/h4-11H,1-3,12-13H2,(H3,20,21)(H3,22,23);5-8H,2-4,9-15H2,1H3;2*3H,1-2H2,(H,4,5,6);1H. The van der Waals surface area contributed by atoms with Crippen LogP contribution in [0.1, 0.15) is 56.6 Å². The molecular weight excluding hydrogens is 858 g/mol. The molecular formula is C40H64ClN5O13S2. The number of hydrogen-bond acceptors (Lipinski definition) is 14. The molecule has 3 aromatic rings. The molecule has 0 amide bonds. The maximum atomic E-state index is 9.63. The number of nitrogens with two attached hydrogens (primary N) is 2. The molecule has 4 rings (SSSR count). The molecule has 1 heterocycles. The van der Waals surface area contributed by atoms with Crippen LogP contribution in [0.5, 0.6) is 23.0 Å². The molecule has 0 unspecified atom stereocenters. The number of hydrogen-bond donors (Lipinski definition) is 8. The van der Waals surface area contributed by atoms with Crippen LogP contribution in [0.4, 0.5) is 0 Å². The number of morpholine rings is 1. The second-order valence-corrected chi connectivity index (χ2v) is 16.1. The molecule has 0 radical (unpaired) electrons. The van der Waals surface area contributed by atoms with Crippen LogP contribution in [-0.4, -0.2) is 137 Å². The van der Waals surface area contributed by atoms with Crippen molar-refractivity contribution in [3.05, 3.63) is 83.9 Å². The Hall–Kier alpha value is -4.25. The van der Waals surface area contributed by atoms with Crippen molar-refractivity contribution >= 4 is 44.3 Å². The summed E-state index contributed by atoms with van der Waals surface area (Å²) < 4.78 is 82.2. The van der Waals surface area contributed by atoms with Gasteiger partial charge in [0.15, 0.2) is 0 Å². The van der Waals surface area contributed by atoms with E-state index in [9.17, 15) is 16.8 Å². The number of nitrogens with one attached hydrogen (secondary N) is 2. The zero-order chi connectivity index (χ0) is 44.7. The van der Waals surface area contributed by atoms with Gasteiger partial charge in [0, 0.05) is 30.8 Å². The van der Waals surface area contributed by atoms with E-state index in [1.54, 1.807) is 24.3 Å². The van der Waals surface area contributed by atoms with Crippen LogP contribution >= 0.6 is 12.4 Å². The fourth-order valence-corrected chi connectivity index (χ4v) is 5.18. The van der Waals surface area contributed by atoms with Gasteiger partial charge in [-0.25, -0.2) is 0 Å². The Kier molecular flexibility index (Phi) is 31.1. The number of benzene rings is 3. The van der Waals surface area contributed by atoms with E-state index >= 15 is 0 Å². The Balaban J connectivity index is 0.000000897. The number of rotatable bonds is 23. The normalized spacial score (nSPS) is 12.3. The van der Waals surface area contributed by atoms with Gasteiger partial charge in [0.05, 0.1) is 64.4 Å². The van der Waals surface area contributed by atoms with Gasteiger partial charge in [0.2, 0.25) is 0 Å². The molecule has 21 heteroatoms. The average molecular weight is 923 g/mol. The molecule has 0 spiro atoms. The zero-order valence-corrected chi connectivity index (χ0v) is 37.1. The lowest BCUT2D eigenvalue weighted by molar-refractivity contribution is 0.0358. The van der Waals surface area contributed by atoms with Gasteiger partial charge in [0.1, 0.15) is 34.7 Å². The Bertz CT molecular complexity index is 1720. The largest absolute Gasteiger partial charge is 0.494 e. The van der Waals surface area contributed by atoms with Crippen molar-refractivity contribution in [2.45, 2.75) is 45.4 Å². The predicted octanol–water partition coefficient (Wildman–Crippen LogP) is 4.00. The fourth-order valence-electron chi connectivity index (χ4n) is 4.72. The summed E-state index contributed by atoms with van der Waals surface area (Å²) in [4.78, 5) is 2.43. The van der Waals surface area contributed by atoms with Gasteiger partial charge in [-0.1, -0.05) is 13.3 Å². The number of amidine groups is 2. The van der Waals surface area contributed by atoms with Gasteiger partial charge in [-0.2, -0.15) is 16.8 Å². The first kappa shape index (κ1) is 56.8. The van der Waals surface area contributed by atoms with Crippen molar-refractivity contribution in [2.24, 2.45) is 11.5 Å². The van der Waals surface area contributed by atoms with Crippen LogP contribution in [0, 0.1) is 10.8 Å². The lowest BCUT2D eigenvalue weighted by atomic mass is 10.2. The molecule has 61 heavy (non-hydrogen) atoms. The number of nitrogen functional groups attached to an aromatic ring is 2. The first-order chi connectivity index (χ1) is 28.6. The minimum absolute atomic E-state index is 0. The molecule has 346 valence electrons. The molecule has 0 saturated carbocycles. The summed E-state index contributed by atoms with van der Waals surface area (Å²) in [6, 6.07) is 22.3. The van der Waals surface area contributed by atoms with E-state index in [4.69, 9.17) is 65.3 Å². The van der Waals surface area contributed by atoms with Crippen molar-refractivity contribution < 1.29 is 59.8 Å². The first-order valence-corrected chi connectivity index (χ1v) is 22.7. The monoisotopic (exact) mass is 921 g/mol. The number of aliphatic hydroxyl groups is 2. The highest BCUT2D eigenvalue weighted by atomic mass is 35.5. The Morgan fingerprint density at radius 3 is 1.23 bits per heavy atom. The van der Waals surface area contributed by atoms with E-state index in [2.05, 4.69) is 11.8 Å². The number of nitrogens with zero attached hydrogens (tertiary/aromatic N) is 1. The Labute approximate surface area is 366 Å². The molecule has 1 aliphatic heterocycles. The van der Waals surface area contributed by atoms with Gasteiger partial charge < -0.3 is 45.4 Å². The topological polar surface area (TPSA) is 298 Å². The Morgan fingerprint density at radius 2 is 0.934 bits per heavy atom. The summed E-state index contributed by atoms with van der Waals surface area (Å²) >= 11 is 0. The smallest absolute Gasteiger partial charge is 0.267 e.